The van der Waals surface area contributed by atoms with Gasteiger partial charge in [-0.1, -0.05) is 0 Å². The smallest absolute Gasteiger partial charge is 0.412 e. The molecule has 0 atom stereocenters. The first kappa shape index (κ1) is 11.4. The lowest BCUT2D eigenvalue weighted by atomic mass is 10.3. The van der Waals surface area contributed by atoms with Crippen molar-refractivity contribution in [3.63, 3.8) is 0 Å². The Morgan fingerprint density at radius 2 is 1.73 bits per heavy atom. The molecular weight excluding hydrogens is 194 g/mol. The average molecular weight is 209 g/mol. The van der Waals surface area contributed by atoms with Crippen LogP contribution in [0.1, 0.15) is 13.8 Å². The van der Waals surface area contributed by atoms with Gasteiger partial charge >= 0.3 is 6.09 Å². The van der Waals surface area contributed by atoms with E-state index in [1.807, 2.05) is 13.8 Å². The van der Waals surface area contributed by atoms with E-state index in [2.05, 4.69) is 5.32 Å². The minimum Gasteiger partial charge on any atom is -0.497 e. The molecule has 0 heterocycles. The standard InChI is InChI=1S/C11H15NO3/c1-8(2)12-11(13)15-10-6-4-9(14-3)5-7-10/h4-8H,1-3H3,(H,12,13). The molecule has 4 heteroatoms. The maximum absolute atomic E-state index is 11.2. The van der Waals surface area contributed by atoms with Crippen molar-refractivity contribution < 1.29 is 14.3 Å². The fourth-order valence-corrected chi connectivity index (χ4v) is 1.02. The monoisotopic (exact) mass is 209 g/mol. The maximum Gasteiger partial charge on any atom is 0.412 e. The molecule has 0 aliphatic rings. The van der Waals surface area contributed by atoms with Crippen LogP contribution < -0.4 is 14.8 Å². The van der Waals surface area contributed by atoms with Crippen molar-refractivity contribution in [1.82, 2.24) is 5.32 Å². The van der Waals surface area contributed by atoms with Crippen LogP contribution in [0.25, 0.3) is 0 Å². The molecule has 0 aliphatic heterocycles. The van der Waals surface area contributed by atoms with E-state index in [4.69, 9.17) is 9.47 Å². The van der Waals surface area contributed by atoms with Crippen LogP contribution in [0.15, 0.2) is 24.3 Å². The lowest BCUT2D eigenvalue weighted by molar-refractivity contribution is 0.197. The Balaban J connectivity index is 2.53. The third-order valence-corrected chi connectivity index (χ3v) is 1.68. The molecule has 0 unspecified atom stereocenters. The molecule has 1 aromatic rings. The third-order valence-electron chi connectivity index (χ3n) is 1.68. The molecule has 1 N–H and O–H groups in total. The van der Waals surface area contributed by atoms with Gasteiger partial charge in [0, 0.05) is 6.04 Å². The molecular formula is C11H15NO3. The number of methoxy groups -OCH3 is 1. The first-order valence-corrected chi connectivity index (χ1v) is 4.74. The zero-order valence-electron chi connectivity index (χ0n) is 9.11. The summed E-state index contributed by atoms with van der Waals surface area (Å²) < 4.78 is 10.0. The summed E-state index contributed by atoms with van der Waals surface area (Å²) in [6.45, 7) is 3.74. The second-order valence-electron chi connectivity index (χ2n) is 3.36. The fraction of sp³-hybridized carbons (Fsp3) is 0.364. The first-order valence-electron chi connectivity index (χ1n) is 4.74. The highest BCUT2D eigenvalue weighted by molar-refractivity contribution is 5.70. The van der Waals surface area contributed by atoms with Crippen LogP contribution in [0.4, 0.5) is 4.79 Å². The number of hydrogen-bond donors (Lipinski definition) is 1. The molecule has 0 spiro atoms. The largest absolute Gasteiger partial charge is 0.497 e. The zero-order chi connectivity index (χ0) is 11.3. The van der Waals surface area contributed by atoms with E-state index in [0.717, 1.165) is 5.75 Å². The van der Waals surface area contributed by atoms with E-state index in [-0.39, 0.29) is 6.04 Å². The van der Waals surface area contributed by atoms with Gasteiger partial charge in [-0.25, -0.2) is 4.79 Å². The number of benzene rings is 1. The molecule has 1 amide bonds. The van der Waals surface area contributed by atoms with Crippen LogP contribution >= 0.6 is 0 Å². The first-order chi connectivity index (χ1) is 7.11. The van der Waals surface area contributed by atoms with Gasteiger partial charge in [0.05, 0.1) is 7.11 Å². The van der Waals surface area contributed by atoms with E-state index >= 15 is 0 Å². The summed E-state index contributed by atoms with van der Waals surface area (Å²) in [5.41, 5.74) is 0. The van der Waals surface area contributed by atoms with E-state index < -0.39 is 6.09 Å². The van der Waals surface area contributed by atoms with Gasteiger partial charge in [0.15, 0.2) is 0 Å². The SMILES string of the molecule is COc1ccc(OC(=O)NC(C)C)cc1. The fourth-order valence-electron chi connectivity index (χ4n) is 1.02. The van der Waals surface area contributed by atoms with Crippen LogP contribution in [-0.2, 0) is 0 Å². The summed E-state index contributed by atoms with van der Waals surface area (Å²) in [4.78, 5) is 11.2. The van der Waals surface area contributed by atoms with Gasteiger partial charge in [-0.05, 0) is 38.1 Å². The van der Waals surface area contributed by atoms with Crippen molar-refractivity contribution in [2.45, 2.75) is 19.9 Å². The van der Waals surface area contributed by atoms with Crippen molar-refractivity contribution in [1.29, 1.82) is 0 Å². The van der Waals surface area contributed by atoms with Gasteiger partial charge in [-0.2, -0.15) is 0 Å². The third kappa shape index (κ3) is 3.89. The number of rotatable bonds is 3. The Kier molecular flexibility index (Phi) is 3.97. The molecule has 0 radical (unpaired) electrons. The van der Waals surface area contributed by atoms with Crippen LogP contribution in [-0.4, -0.2) is 19.2 Å². The summed E-state index contributed by atoms with van der Waals surface area (Å²) in [6, 6.07) is 6.89. The Morgan fingerprint density at radius 3 is 2.20 bits per heavy atom. The lowest BCUT2D eigenvalue weighted by Crippen LogP contribution is -2.32. The summed E-state index contributed by atoms with van der Waals surface area (Å²) in [5.74, 6) is 1.22. The number of nitrogens with one attached hydrogen (secondary N) is 1. The van der Waals surface area contributed by atoms with Crippen molar-refractivity contribution in [2.75, 3.05) is 7.11 Å². The number of ether oxygens (including phenoxy) is 2. The zero-order valence-corrected chi connectivity index (χ0v) is 9.11. The van der Waals surface area contributed by atoms with Gasteiger partial charge in [-0.15, -0.1) is 0 Å². The second-order valence-corrected chi connectivity index (χ2v) is 3.36. The highest BCUT2D eigenvalue weighted by Crippen LogP contribution is 2.16. The molecule has 0 saturated carbocycles. The van der Waals surface area contributed by atoms with Crippen LogP contribution in [0.2, 0.25) is 0 Å². The highest BCUT2D eigenvalue weighted by atomic mass is 16.6. The molecule has 1 aromatic carbocycles. The van der Waals surface area contributed by atoms with Crippen LogP contribution in [0.3, 0.4) is 0 Å². The Bertz CT molecular complexity index is 319. The highest BCUT2D eigenvalue weighted by Gasteiger charge is 2.05. The maximum atomic E-state index is 11.2. The number of carbonyl (C=O) groups excluding carboxylic acids is 1. The summed E-state index contributed by atoms with van der Waals surface area (Å²) in [6.07, 6.45) is -0.449. The predicted molar refractivity (Wildman–Crippen MR) is 57.3 cm³/mol. The molecule has 4 nitrogen and oxygen atoms in total. The Hall–Kier alpha value is -1.71. The Labute approximate surface area is 89.2 Å². The van der Waals surface area contributed by atoms with E-state index in [0.29, 0.717) is 5.75 Å². The molecule has 0 saturated heterocycles. The Morgan fingerprint density at radius 1 is 1.20 bits per heavy atom. The average Bonchev–Trinajstić information content (AvgIpc) is 2.17. The van der Waals surface area contributed by atoms with Gasteiger partial charge in [-0.3, -0.25) is 0 Å². The normalized spacial score (nSPS) is 9.87. The second kappa shape index (κ2) is 5.24. The molecule has 0 aliphatic carbocycles. The van der Waals surface area contributed by atoms with Crippen molar-refractivity contribution in [3.05, 3.63) is 24.3 Å². The summed E-state index contributed by atoms with van der Waals surface area (Å²) in [5, 5.41) is 2.63. The summed E-state index contributed by atoms with van der Waals surface area (Å²) in [7, 11) is 1.58. The minimum absolute atomic E-state index is 0.0655. The van der Waals surface area contributed by atoms with E-state index in [1.54, 1.807) is 31.4 Å². The van der Waals surface area contributed by atoms with E-state index in [9.17, 15) is 4.79 Å². The minimum atomic E-state index is -0.449. The van der Waals surface area contributed by atoms with Gasteiger partial charge < -0.3 is 14.8 Å². The van der Waals surface area contributed by atoms with Crippen LogP contribution in [0.5, 0.6) is 11.5 Å². The quantitative estimate of drug-likeness (QED) is 0.830. The molecule has 0 aromatic heterocycles. The molecule has 0 fully saturated rings. The number of hydrogen-bond acceptors (Lipinski definition) is 3. The molecule has 1 rings (SSSR count). The molecule has 0 bridgehead atoms. The molecule has 15 heavy (non-hydrogen) atoms. The number of carbonyl (C=O) groups is 1. The van der Waals surface area contributed by atoms with Gasteiger partial charge in [0.25, 0.3) is 0 Å². The van der Waals surface area contributed by atoms with Crippen molar-refractivity contribution in [3.8, 4) is 11.5 Å². The van der Waals surface area contributed by atoms with Gasteiger partial charge in [0.2, 0.25) is 0 Å². The summed E-state index contributed by atoms with van der Waals surface area (Å²) >= 11 is 0. The predicted octanol–water partition coefficient (Wildman–Crippen LogP) is 2.19. The lowest BCUT2D eigenvalue weighted by Gasteiger charge is -2.09. The molecule has 82 valence electrons. The van der Waals surface area contributed by atoms with Gasteiger partial charge in [0.1, 0.15) is 11.5 Å². The van der Waals surface area contributed by atoms with Crippen molar-refractivity contribution in [2.24, 2.45) is 0 Å². The topological polar surface area (TPSA) is 47.6 Å². The van der Waals surface area contributed by atoms with E-state index in [1.165, 1.54) is 0 Å². The number of amides is 1. The van der Waals surface area contributed by atoms with Crippen LogP contribution in [0, 0.1) is 0 Å². The van der Waals surface area contributed by atoms with Crippen molar-refractivity contribution >= 4 is 6.09 Å².